The van der Waals surface area contributed by atoms with Gasteiger partial charge >= 0.3 is 0 Å². The van der Waals surface area contributed by atoms with Crippen molar-refractivity contribution < 1.29 is 13.9 Å². The van der Waals surface area contributed by atoms with E-state index in [1.165, 1.54) is 6.07 Å². The summed E-state index contributed by atoms with van der Waals surface area (Å²) in [5.74, 6) is 1.10. The third kappa shape index (κ3) is 3.64. The van der Waals surface area contributed by atoms with Gasteiger partial charge in [-0.25, -0.2) is 4.39 Å². The number of para-hydroxylation sites is 2. The van der Waals surface area contributed by atoms with Gasteiger partial charge in [0, 0.05) is 5.88 Å². The van der Waals surface area contributed by atoms with Crippen molar-refractivity contribution in [2.75, 3.05) is 6.61 Å². The van der Waals surface area contributed by atoms with Crippen molar-refractivity contribution in [3.05, 3.63) is 53.8 Å². The first kappa shape index (κ1) is 14.7. The van der Waals surface area contributed by atoms with Crippen LogP contribution in [0.4, 0.5) is 4.39 Å². The zero-order valence-electron chi connectivity index (χ0n) is 11.2. The maximum atomic E-state index is 13.9. The monoisotopic (exact) mass is 294 g/mol. The Morgan fingerprint density at radius 2 is 1.80 bits per heavy atom. The SMILES string of the molecule is CCCOc1ccccc1Oc1ccc(CCl)cc1F. The lowest BCUT2D eigenvalue weighted by atomic mass is 10.2. The van der Waals surface area contributed by atoms with Crippen LogP contribution in [0.15, 0.2) is 42.5 Å². The Bertz CT molecular complexity index is 572. The van der Waals surface area contributed by atoms with E-state index in [1.807, 2.05) is 19.1 Å². The molecule has 2 nitrogen and oxygen atoms in total. The van der Waals surface area contributed by atoms with E-state index >= 15 is 0 Å². The molecule has 0 amide bonds. The number of ether oxygens (including phenoxy) is 2. The minimum atomic E-state index is -0.437. The molecule has 4 heteroatoms. The first-order chi connectivity index (χ1) is 9.74. The topological polar surface area (TPSA) is 18.5 Å². The van der Waals surface area contributed by atoms with E-state index in [9.17, 15) is 4.39 Å². The van der Waals surface area contributed by atoms with Gasteiger partial charge in [-0.3, -0.25) is 0 Å². The van der Waals surface area contributed by atoms with Gasteiger partial charge in [0.15, 0.2) is 23.1 Å². The van der Waals surface area contributed by atoms with Crippen molar-refractivity contribution in [1.82, 2.24) is 0 Å². The number of alkyl halides is 1. The van der Waals surface area contributed by atoms with Crippen LogP contribution >= 0.6 is 11.6 Å². The van der Waals surface area contributed by atoms with Crippen LogP contribution in [0.5, 0.6) is 17.2 Å². The zero-order chi connectivity index (χ0) is 14.4. The first-order valence-corrected chi connectivity index (χ1v) is 7.02. The largest absolute Gasteiger partial charge is 0.490 e. The average Bonchev–Trinajstić information content (AvgIpc) is 2.48. The fraction of sp³-hybridized carbons (Fsp3) is 0.250. The smallest absolute Gasteiger partial charge is 0.169 e. The molecule has 0 spiro atoms. The second-order valence-electron chi connectivity index (χ2n) is 4.30. The van der Waals surface area contributed by atoms with Crippen molar-refractivity contribution in [3.8, 4) is 17.2 Å². The molecule has 0 atom stereocenters. The molecule has 2 aromatic carbocycles. The van der Waals surface area contributed by atoms with Crippen LogP contribution in [-0.2, 0) is 5.88 Å². The van der Waals surface area contributed by atoms with Gasteiger partial charge in [-0.1, -0.05) is 25.1 Å². The van der Waals surface area contributed by atoms with Gasteiger partial charge in [0.25, 0.3) is 0 Å². The second-order valence-corrected chi connectivity index (χ2v) is 4.56. The Labute approximate surface area is 123 Å². The summed E-state index contributed by atoms with van der Waals surface area (Å²) in [5, 5.41) is 0. The highest BCUT2D eigenvalue weighted by atomic mass is 35.5. The minimum absolute atomic E-state index is 0.159. The van der Waals surface area contributed by atoms with E-state index in [0.29, 0.717) is 23.7 Å². The Morgan fingerprint density at radius 1 is 1.05 bits per heavy atom. The van der Waals surface area contributed by atoms with Crippen molar-refractivity contribution >= 4 is 11.6 Å². The molecular weight excluding hydrogens is 279 g/mol. The van der Waals surface area contributed by atoms with Crippen LogP contribution in [0.2, 0.25) is 0 Å². The van der Waals surface area contributed by atoms with E-state index < -0.39 is 5.82 Å². The highest BCUT2D eigenvalue weighted by molar-refractivity contribution is 6.17. The summed E-state index contributed by atoms with van der Waals surface area (Å²) in [5.41, 5.74) is 0.715. The lowest BCUT2D eigenvalue weighted by Gasteiger charge is -2.12. The summed E-state index contributed by atoms with van der Waals surface area (Å²) in [7, 11) is 0. The predicted molar refractivity (Wildman–Crippen MR) is 78.3 cm³/mol. The average molecular weight is 295 g/mol. The summed E-state index contributed by atoms with van der Waals surface area (Å²) >= 11 is 5.67. The first-order valence-electron chi connectivity index (χ1n) is 6.48. The van der Waals surface area contributed by atoms with Crippen LogP contribution in [0, 0.1) is 5.82 Å². The van der Waals surface area contributed by atoms with Gasteiger partial charge in [-0.05, 0) is 36.2 Å². The molecule has 0 unspecified atom stereocenters. The molecule has 0 aliphatic rings. The normalized spacial score (nSPS) is 10.3. The summed E-state index contributed by atoms with van der Waals surface area (Å²) in [6.45, 7) is 2.61. The third-order valence-electron chi connectivity index (χ3n) is 2.68. The maximum Gasteiger partial charge on any atom is 0.169 e. The number of hydrogen-bond donors (Lipinski definition) is 0. The fourth-order valence-electron chi connectivity index (χ4n) is 1.69. The van der Waals surface area contributed by atoms with E-state index in [-0.39, 0.29) is 11.6 Å². The molecule has 2 aromatic rings. The van der Waals surface area contributed by atoms with Crippen molar-refractivity contribution in [2.24, 2.45) is 0 Å². The summed E-state index contributed by atoms with van der Waals surface area (Å²) < 4.78 is 25.1. The Hall–Kier alpha value is -1.74. The molecule has 0 aromatic heterocycles. The third-order valence-corrected chi connectivity index (χ3v) is 2.99. The van der Waals surface area contributed by atoms with Gasteiger partial charge < -0.3 is 9.47 Å². The molecule has 0 saturated carbocycles. The van der Waals surface area contributed by atoms with Crippen molar-refractivity contribution in [3.63, 3.8) is 0 Å². The van der Waals surface area contributed by atoms with Crippen molar-refractivity contribution in [1.29, 1.82) is 0 Å². The lowest BCUT2D eigenvalue weighted by Crippen LogP contribution is -1.98. The minimum Gasteiger partial charge on any atom is -0.490 e. The molecule has 0 N–H and O–H groups in total. The molecule has 2 rings (SSSR count). The van der Waals surface area contributed by atoms with E-state index in [1.54, 1.807) is 24.3 Å². The van der Waals surface area contributed by atoms with Gasteiger partial charge in [0.2, 0.25) is 0 Å². The number of hydrogen-bond acceptors (Lipinski definition) is 2. The quantitative estimate of drug-likeness (QED) is 0.686. The molecule has 0 aliphatic heterocycles. The zero-order valence-corrected chi connectivity index (χ0v) is 12.0. The Morgan fingerprint density at radius 3 is 2.45 bits per heavy atom. The molecule has 0 aliphatic carbocycles. The van der Waals surface area contributed by atoms with Crippen LogP contribution < -0.4 is 9.47 Å². The molecule has 0 fully saturated rings. The van der Waals surface area contributed by atoms with Gasteiger partial charge in [0.1, 0.15) is 0 Å². The molecular formula is C16H16ClFO2. The van der Waals surface area contributed by atoms with Crippen LogP contribution in [0.25, 0.3) is 0 Å². The van der Waals surface area contributed by atoms with E-state index in [4.69, 9.17) is 21.1 Å². The van der Waals surface area contributed by atoms with Crippen molar-refractivity contribution in [2.45, 2.75) is 19.2 Å². The molecule has 0 bridgehead atoms. The highest BCUT2D eigenvalue weighted by Gasteiger charge is 2.09. The van der Waals surface area contributed by atoms with Crippen LogP contribution in [0.1, 0.15) is 18.9 Å². The van der Waals surface area contributed by atoms with Gasteiger partial charge in [-0.15, -0.1) is 11.6 Å². The second kappa shape index (κ2) is 7.15. The fourth-order valence-corrected chi connectivity index (χ4v) is 1.86. The standard InChI is InChI=1S/C16H16ClFO2/c1-2-9-19-15-5-3-4-6-16(15)20-14-8-7-12(11-17)10-13(14)18/h3-8,10H,2,9,11H2,1H3. The number of halogens is 2. The molecule has 0 radical (unpaired) electrons. The number of benzene rings is 2. The van der Waals surface area contributed by atoms with E-state index in [2.05, 4.69) is 0 Å². The van der Waals surface area contributed by atoms with E-state index in [0.717, 1.165) is 6.42 Å². The Kier molecular flexibility index (Phi) is 5.24. The predicted octanol–water partition coefficient (Wildman–Crippen LogP) is 5.15. The number of rotatable bonds is 6. The summed E-state index contributed by atoms with van der Waals surface area (Å²) in [4.78, 5) is 0. The summed E-state index contributed by atoms with van der Waals surface area (Å²) in [6.07, 6.45) is 0.896. The highest BCUT2D eigenvalue weighted by Crippen LogP contribution is 2.33. The Balaban J connectivity index is 2.21. The van der Waals surface area contributed by atoms with Gasteiger partial charge in [-0.2, -0.15) is 0 Å². The molecule has 20 heavy (non-hydrogen) atoms. The van der Waals surface area contributed by atoms with Crippen LogP contribution in [-0.4, -0.2) is 6.61 Å². The lowest BCUT2D eigenvalue weighted by molar-refractivity contribution is 0.300. The molecule has 0 saturated heterocycles. The molecule has 0 heterocycles. The van der Waals surface area contributed by atoms with Gasteiger partial charge in [0.05, 0.1) is 6.61 Å². The molecule has 106 valence electrons. The summed E-state index contributed by atoms with van der Waals surface area (Å²) in [6, 6.07) is 11.9. The maximum absolute atomic E-state index is 13.9. The van der Waals surface area contributed by atoms with Crippen LogP contribution in [0.3, 0.4) is 0 Å².